The second-order valence-corrected chi connectivity index (χ2v) is 5.84. The minimum absolute atomic E-state index is 0.176. The Hall–Kier alpha value is -1.55. The highest BCUT2D eigenvalue weighted by atomic mass is 16.2. The number of hydrogen-bond acceptors (Lipinski definition) is 3. The molecule has 1 aromatic carbocycles. The number of nitrogens with zero attached hydrogens (tertiary/aromatic N) is 1. The Kier molecular flexibility index (Phi) is 3.19. The zero-order chi connectivity index (χ0) is 13.4. The van der Waals surface area contributed by atoms with E-state index in [0.29, 0.717) is 0 Å². The van der Waals surface area contributed by atoms with Gasteiger partial charge in [-0.15, -0.1) is 0 Å². The van der Waals surface area contributed by atoms with Crippen molar-refractivity contribution in [3.63, 3.8) is 0 Å². The van der Waals surface area contributed by atoms with Gasteiger partial charge >= 0.3 is 0 Å². The maximum absolute atomic E-state index is 12.6. The van der Waals surface area contributed by atoms with Gasteiger partial charge in [-0.25, -0.2) is 0 Å². The summed E-state index contributed by atoms with van der Waals surface area (Å²) in [5.74, 6) is 7.05. The van der Waals surface area contributed by atoms with Crippen molar-refractivity contribution in [3.05, 3.63) is 29.3 Å². The quantitative estimate of drug-likeness (QED) is 0.632. The smallest absolute Gasteiger partial charge is 0.254 e. The Bertz CT molecular complexity index is 488. The molecule has 2 fully saturated rings. The maximum Gasteiger partial charge on any atom is 0.254 e. The summed E-state index contributed by atoms with van der Waals surface area (Å²) in [6.07, 6.45) is 3.93. The molecule has 1 saturated carbocycles. The van der Waals surface area contributed by atoms with Crippen LogP contribution in [0.5, 0.6) is 0 Å². The predicted molar refractivity (Wildman–Crippen MR) is 75.7 cm³/mol. The van der Waals surface area contributed by atoms with Crippen molar-refractivity contribution in [2.75, 3.05) is 18.5 Å². The lowest BCUT2D eigenvalue weighted by atomic mass is 10.0. The van der Waals surface area contributed by atoms with Gasteiger partial charge < -0.3 is 10.3 Å². The number of nitrogen functional groups attached to an aromatic ring is 1. The lowest BCUT2D eigenvalue weighted by molar-refractivity contribution is 0.0780. The monoisotopic (exact) mass is 259 g/mol. The molecule has 3 N–H and O–H groups in total. The molecule has 0 aromatic heterocycles. The number of likely N-dealkylation sites (tertiary alicyclic amines) is 1. The van der Waals surface area contributed by atoms with E-state index < -0.39 is 0 Å². The van der Waals surface area contributed by atoms with Gasteiger partial charge in [0.2, 0.25) is 0 Å². The van der Waals surface area contributed by atoms with Crippen LogP contribution in [-0.2, 0) is 0 Å². The molecule has 1 saturated heterocycles. The molecule has 4 heteroatoms. The van der Waals surface area contributed by atoms with E-state index in [0.717, 1.165) is 41.7 Å². The highest BCUT2D eigenvalue weighted by molar-refractivity contribution is 5.96. The minimum Gasteiger partial charge on any atom is -0.338 e. The number of benzene rings is 1. The summed E-state index contributed by atoms with van der Waals surface area (Å²) in [6.45, 7) is 3.85. The molecule has 0 radical (unpaired) electrons. The molecule has 1 aliphatic heterocycles. The number of carbonyl (C=O) groups is 1. The maximum atomic E-state index is 12.6. The molecule has 0 spiro atoms. The fraction of sp³-hybridized carbons (Fsp3) is 0.533. The number of hydrazine groups is 1. The van der Waals surface area contributed by atoms with Crippen LogP contribution in [0.3, 0.4) is 0 Å². The summed E-state index contributed by atoms with van der Waals surface area (Å²) in [4.78, 5) is 14.6. The average Bonchev–Trinajstić information content (AvgIpc) is 2.98. The number of rotatable bonds is 2. The lowest BCUT2D eigenvalue weighted by Crippen LogP contribution is -2.30. The number of fused-ring (bicyclic) bond motifs is 1. The SMILES string of the molecule is Cc1cc(NN)ccc1C(=O)N1CC2CCCC2C1. The molecule has 2 aliphatic rings. The Morgan fingerprint density at radius 1 is 1.32 bits per heavy atom. The molecule has 1 aliphatic carbocycles. The van der Waals surface area contributed by atoms with E-state index in [2.05, 4.69) is 5.43 Å². The van der Waals surface area contributed by atoms with Crippen LogP contribution in [0.15, 0.2) is 18.2 Å². The summed E-state index contributed by atoms with van der Waals surface area (Å²) in [7, 11) is 0. The van der Waals surface area contributed by atoms with E-state index in [1.165, 1.54) is 19.3 Å². The molecule has 1 heterocycles. The van der Waals surface area contributed by atoms with Crippen molar-refractivity contribution < 1.29 is 4.79 Å². The number of carbonyl (C=O) groups excluding carboxylic acids is 1. The third kappa shape index (κ3) is 2.21. The van der Waals surface area contributed by atoms with Crippen LogP contribution >= 0.6 is 0 Å². The van der Waals surface area contributed by atoms with E-state index >= 15 is 0 Å². The third-order valence-electron chi connectivity index (χ3n) is 4.64. The molecule has 1 aromatic rings. The van der Waals surface area contributed by atoms with Gasteiger partial charge in [0.1, 0.15) is 0 Å². The number of nitrogens with one attached hydrogen (secondary N) is 1. The van der Waals surface area contributed by atoms with E-state index in [4.69, 9.17) is 5.84 Å². The molecule has 1 amide bonds. The molecular formula is C15H21N3O. The molecular weight excluding hydrogens is 238 g/mol. The molecule has 19 heavy (non-hydrogen) atoms. The molecule has 2 unspecified atom stereocenters. The van der Waals surface area contributed by atoms with Gasteiger partial charge in [0.25, 0.3) is 5.91 Å². The molecule has 3 rings (SSSR count). The first-order valence-corrected chi connectivity index (χ1v) is 7.05. The number of anilines is 1. The highest BCUT2D eigenvalue weighted by Crippen LogP contribution is 2.38. The Morgan fingerprint density at radius 3 is 2.58 bits per heavy atom. The fourth-order valence-corrected chi connectivity index (χ4v) is 3.56. The first kappa shape index (κ1) is 12.5. The van der Waals surface area contributed by atoms with Crippen molar-refractivity contribution in [3.8, 4) is 0 Å². The van der Waals surface area contributed by atoms with Gasteiger partial charge in [-0.05, 0) is 55.4 Å². The van der Waals surface area contributed by atoms with E-state index in [1.54, 1.807) is 0 Å². The van der Waals surface area contributed by atoms with Crippen LogP contribution < -0.4 is 11.3 Å². The summed E-state index contributed by atoms with van der Waals surface area (Å²) in [6, 6.07) is 5.65. The molecule has 4 nitrogen and oxygen atoms in total. The second kappa shape index (κ2) is 4.85. The van der Waals surface area contributed by atoms with Crippen LogP contribution in [0.2, 0.25) is 0 Å². The second-order valence-electron chi connectivity index (χ2n) is 5.84. The van der Waals surface area contributed by atoms with Gasteiger partial charge in [-0.3, -0.25) is 10.6 Å². The standard InChI is InChI=1S/C15H21N3O/c1-10-7-13(17-16)5-6-14(10)15(19)18-8-11-3-2-4-12(11)9-18/h5-7,11-12,17H,2-4,8-9,16H2,1H3. The Morgan fingerprint density at radius 2 is 2.00 bits per heavy atom. The number of amides is 1. The normalized spacial score (nSPS) is 25.5. The van der Waals surface area contributed by atoms with E-state index in [-0.39, 0.29) is 5.91 Å². The summed E-state index contributed by atoms with van der Waals surface area (Å²) < 4.78 is 0. The van der Waals surface area contributed by atoms with E-state index in [9.17, 15) is 4.79 Å². The third-order valence-corrected chi connectivity index (χ3v) is 4.64. The minimum atomic E-state index is 0.176. The molecule has 0 bridgehead atoms. The summed E-state index contributed by atoms with van der Waals surface area (Å²) in [5, 5.41) is 0. The first-order chi connectivity index (χ1) is 9.19. The fourth-order valence-electron chi connectivity index (χ4n) is 3.56. The van der Waals surface area contributed by atoms with Gasteiger partial charge in [0.15, 0.2) is 0 Å². The van der Waals surface area contributed by atoms with Gasteiger partial charge in [-0.2, -0.15) is 0 Å². The van der Waals surface area contributed by atoms with Gasteiger partial charge in [0, 0.05) is 24.3 Å². The van der Waals surface area contributed by atoms with Crippen LogP contribution in [0.4, 0.5) is 5.69 Å². The van der Waals surface area contributed by atoms with Crippen LogP contribution in [0.25, 0.3) is 0 Å². The number of hydrogen-bond donors (Lipinski definition) is 2. The molecule has 2 atom stereocenters. The topological polar surface area (TPSA) is 58.4 Å². The molecule has 102 valence electrons. The first-order valence-electron chi connectivity index (χ1n) is 7.05. The Labute approximate surface area is 113 Å². The van der Waals surface area contributed by atoms with Crippen molar-refractivity contribution in [1.29, 1.82) is 0 Å². The van der Waals surface area contributed by atoms with Crippen molar-refractivity contribution in [2.24, 2.45) is 17.7 Å². The van der Waals surface area contributed by atoms with Crippen molar-refractivity contribution in [1.82, 2.24) is 4.90 Å². The number of nitrogens with two attached hydrogens (primary N) is 1. The van der Waals surface area contributed by atoms with Crippen LogP contribution in [0.1, 0.15) is 35.2 Å². The van der Waals surface area contributed by atoms with Crippen molar-refractivity contribution in [2.45, 2.75) is 26.2 Å². The highest BCUT2D eigenvalue weighted by Gasteiger charge is 2.38. The summed E-state index contributed by atoms with van der Waals surface area (Å²) >= 11 is 0. The average molecular weight is 259 g/mol. The lowest BCUT2D eigenvalue weighted by Gasteiger charge is -2.19. The van der Waals surface area contributed by atoms with Gasteiger partial charge in [0.05, 0.1) is 0 Å². The summed E-state index contributed by atoms with van der Waals surface area (Å²) in [5.41, 5.74) is 5.24. The van der Waals surface area contributed by atoms with Crippen LogP contribution in [-0.4, -0.2) is 23.9 Å². The van der Waals surface area contributed by atoms with E-state index in [1.807, 2.05) is 30.0 Å². The van der Waals surface area contributed by atoms with Gasteiger partial charge in [-0.1, -0.05) is 6.42 Å². The van der Waals surface area contributed by atoms with Crippen molar-refractivity contribution >= 4 is 11.6 Å². The predicted octanol–water partition coefficient (Wildman–Crippen LogP) is 2.15. The Balaban J connectivity index is 1.77. The zero-order valence-corrected chi connectivity index (χ0v) is 11.4. The number of aryl methyl sites for hydroxylation is 1. The largest absolute Gasteiger partial charge is 0.338 e. The van der Waals surface area contributed by atoms with Crippen LogP contribution in [0, 0.1) is 18.8 Å². The zero-order valence-electron chi connectivity index (χ0n) is 11.4.